The van der Waals surface area contributed by atoms with Crippen molar-refractivity contribution in [2.45, 2.75) is 57.7 Å². The first-order valence-electron chi connectivity index (χ1n) is 7.93. The van der Waals surface area contributed by atoms with E-state index in [0.717, 1.165) is 19.4 Å². The number of carbonyl (C=O) groups is 2. The van der Waals surface area contributed by atoms with Crippen LogP contribution in [0.5, 0.6) is 0 Å². The highest BCUT2D eigenvalue weighted by Gasteiger charge is 2.41. The van der Waals surface area contributed by atoms with E-state index < -0.39 is 12.1 Å². The lowest BCUT2D eigenvalue weighted by atomic mass is 9.96. The maximum absolute atomic E-state index is 12.6. The van der Waals surface area contributed by atoms with Crippen molar-refractivity contribution in [2.75, 3.05) is 19.6 Å². The molecule has 0 aromatic heterocycles. The van der Waals surface area contributed by atoms with E-state index in [-0.39, 0.29) is 56.6 Å². The first-order valence-corrected chi connectivity index (χ1v) is 7.93. The molecule has 0 bridgehead atoms. The lowest BCUT2D eigenvalue weighted by Crippen LogP contribution is -2.42. The number of hydrogen-bond acceptors (Lipinski definition) is 2. The van der Waals surface area contributed by atoms with Gasteiger partial charge < -0.3 is 9.80 Å². The van der Waals surface area contributed by atoms with Crippen molar-refractivity contribution in [1.29, 1.82) is 0 Å². The maximum atomic E-state index is 12.6. The molecule has 2 aliphatic heterocycles. The Morgan fingerprint density at radius 1 is 1.00 bits per heavy atom. The highest BCUT2D eigenvalue weighted by molar-refractivity contribution is 5.84. The highest BCUT2D eigenvalue weighted by Crippen LogP contribution is 2.34. The molecule has 2 rings (SSSR count). The largest absolute Gasteiger partial charge is 0.391 e. The summed E-state index contributed by atoms with van der Waals surface area (Å²) in [5.74, 6) is -1.53. The van der Waals surface area contributed by atoms with Gasteiger partial charge in [0.15, 0.2) is 0 Å². The lowest BCUT2D eigenvalue weighted by Gasteiger charge is -2.33. The van der Waals surface area contributed by atoms with E-state index in [9.17, 15) is 22.8 Å². The number of halogens is 3. The van der Waals surface area contributed by atoms with Gasteiger partial charge in [0, 0.05) is 38.5 Å². The van der Waals surface area contributed by atoms with Crippen LogP contribution in [0.1, 0.15) is 45.4 Å². The summed E-state index contributed by atoms with van der Waals surface area (Å²) in [6, 6.07) is 0.227. The van der Waals surface area contributed by atoms with Gasteiger partial charge in [0.1, 0.15) is 0 Å². The molecule has 7 heteroatoms. The average molecular weight is 320 g/mol. The normalized spacial score (nSPS) is 23.9. The zero-order chi connectivity index (χ0) is 16.3. The number of amides is 2. The fourth-order valence-electron chi connectivity index (χ4n) is 3.28. The van der Waals surface area contributed by atoms with Gasteiger partial charge in [0.2, 0.25) is 11.8 Å². The van der Waals surface area contributed by atoms with E-state index in [1.807, 2.05) is 6.92 Å². The first kappa shape index (κ1) is 17.1. The van der Waals surface area contributed by atoms with Crippen LogP contribution in [0.2, 0.25) is 0 Å². The summed E-state index contributed by atoms with van der Waals surface area (Å²) in [6.07, 6.45) is -2.01. The zero-order valence-electron chi connectivity index (χ0n) is 12.9. The third kappa shape index (κ3) is 4.14. The Kier molecular flexibility index (Phi) is 5.34. The second-order valence-corrected chi connectivity index (χ2v) is 6.28. The van der Waals surface area contributed by atoms with E-state index in [1.165, 1.54) is 4.90 Å². The predicted molar refractivity (Wildman–Crippen MR) is 75.0 cm³/mol. The van der Waals surface area contributed by atoms with Crippen molar-refractivity contribution in [1.82, 2.24) is 9.80 Å². The van der Waals surface area contributed by atoms with Gasteiger partial charge in [-0.2, -0.15) is 13.2 Å². The van der Waals surface area contributed by atoms with E-state index in [2.05, 4.69) is 0 Å². The SMILES string of the molecule is C[C@@H]1CCCN1C(=O)CCC(=O)N1CCC(C(F)(F)F)CC1. The first-order chi connectivity index (χ1) is 10.3. The molecule has 0 aliphatic carbocycles. The molecule has 2 aliphatic rings. The van der Waals surface area contributed by atoms with Gasteiger partial charge in [-0.3, -0.25) is 9.59 Å². The Morgan fingerprint density at radius 2 is 1.59 bits per heavy atom. The van der Waals surface area contributed by atoms with Crippen LogP contribution in [0.15, 0.2) is 0 Å². The molecule has 0 aromatic carbocycles. The fourth-order valence-corrected chi connectivity index (χ4v) is 3.28. The Bertz CT molecular complexity index is 418. The summed E-state index contributed by atoms with van der Waals surface area (Å²) < 4.78 is 37.7. The summed E-state index contributed by atoms with van der Waals surface area (Å²) in [6.45, 7) is 3.01. The summed E-state index contributed by atoms with van der Waals surface area (Å²) in [4.78, 5) is 27.3. The fraction of sp³-hybridized carbons (Fsp3) is 0.867. The molecule has 2 saturated heterocycles. The molecule has 22 heavy (non-hydrogen) atoms. The average Bonchev–Trinajstić information content (AvgIpc) is 2.90. The molecule has 2 fully saturated rings. The van der Waals surface area contributed by atoms with Gasteiger partial charge in [-0.1, -0.05) is 0 Å². The van der Waals surface area contributed by atoms with Crippen molar-refractivity contribution in [3.63, 3.8) is 0 Å². The van der Waals surface area contributed by atoms with Gasteiger partial charge in [-0.15, -0.1) is 0 Å². The van der Waals surface area contributed by atoms with Gasteiger partial charge in [0.05, 0.1) is 5.92 Å². The van der Waals surface area contributed by atoms with Crippen molar-refractivity contribution in [2.24, 2.45) is 5.92 Å². The van der Waals surface area contributed by atoms with E-state index in [0.29, 0.717) is 0 Å². The Balaban J connectivity index is 1.73. The lowest BCUT2D eigenvalue weighted by molar-refractivity contribution is -0.186. The number of likely N-dealkylation sites (tertiary alicyclic amines) is 2. The Hall–Kier alpha value is -1.27. The summed E-state index contributed by atoms with van der Waals surface area (Å²) in [5, 5.41) is 0. The maximum Gasteiger partial charge on any atom is 0.391 e. The van der Waals surface area contributed by atoms with Gasteiger partial charge in [-0.25, -0.2) is 0 Å². The molecule has 126 valence electrons. The number of hydrogen-bond donors (Lipinski definition) is 0. The second-order valence-electron chi connectivity index (χ2n) is 6.28. The minimum absolute atomic E-state index is 0.0245. The number of piperidine rings is 1. The molecule has 0 aromatic rings. The van der Waals surface area contributed by atoms with Crippen LogP contribution < -0.4 is 0 Å². The molecule has 0 spiro atoms. The van der Waals surface area contributed by atoms with Crippen LogP contribution in [0.4, 0.5) is 13.2 Å². The molecule has 2 heterocycles. The van der Waals surface area contributed by atoms with Crippen LogP contribution in [0, 0.1) is 5.92 Å². The van der Waals surface area contributed by atoms with Crippen LogP contribution in [-0.4, -0.2) is 53.5 Å². The van der Waals surface area contributed by atoms with Crippen LogP contribution in [-0.2, 0) is 9.59 Å². The third-order valence-corrected chi connectivity index (χ3v) is 4.74. The number of rotatable bonds is 3. The monoisotopic (exact) mass is 320 g/mol. The van der Waals surface area contributed by atoms with Gasteiger partial charge in [-0.05, 0) is 32.6 Å². The number of alkyl halides is 3. The van der Waals surface area contributed by atoms with Crippen molar-refractivity contribution < 1.29 is 22.8 Å². The molecule has 0 unspecified atom stereocenters. The zero-order valence-corrected chi connectivity index (χ0v) is 12.9. The molecule has 0 N–H and O–H groups in total. The predicted octanol–water partition coefficient (Wildman–Crippen LogP) is 2.58. The van der Waals surface area contributed by atoms with E-state index >= 15 is 0 Å². The molecule has 0 saturated carbocycles. The topological polar surface area (TPSA) is 40.6 Å². The standard InChI is InChI=1S/C15H23F3N2O2/c1-11-3-2-8-20(11)14(22)5-4-13(21)19-9-6-12(7-10-19)15(16,17)18/h11-12H,2-10H2,1H3/t11-/m1/s1. The second kappa shape index (κ2) is 6.87. The van der Waals surface area contributed by atoms with Crippen LogP contribution in [0.3, 0.4) is 0 Å². The smallest absolute Gasteiger partial charge is 0.343 e. The molecule has 2 amide bonds. The van der Waals surface area contributed by atoms with Gasteiger partial charge >= 0.3 is 6.18 Å². The minimum Gasteiger partial charge on any atom is -0.343 e. The molecular weight excluding hydrogens is 297 g/mol. The van der Waals surface area contributed by atoms with Crippen LogP contribution in [0.25, 0.3) is 0 Å². The summed E-state index contributed by atoms with van der Waals surface area (Å²) in [7, 11) is 0. The summed E-state index contributed by atoms with van der Waals surface area (Å²) in [5.41, 5.74) is 0. The van der Waals surface area contributed by atoms with Crippen LogP contribution >= 0.6 is 0 Å². The van der Waals surface area contributed by atoms with E-state index in [4.69, 9.17) is 0 Å². The molecular formula is C15H23F3N2O2. The van der Waals surface area contributed by atoms with Crippen molar-refractivity contribution in [3.8, 4) is 0 Å². The third-order valence-electron chi connectivity index (χ3n) is 4.74. The Labute approximate surface area is 128 Å². The molecule has 1 atom stereocenters. The van der Waals surface area contributed by atoms with Crippen molar-refractivity contribution >= 4 is 11.8 Å². The number of carbonyl (C=O) groups excluding carboxylic acids is 2. The highest BCUT2D eigenvalue weighted by atomic mass is 19.4. The quantitative estimate of drug-likeness (QED) is 0.802. The Morgan fingerprint density at radius 3 is 2.09 bits per heavy atom. The van der Waals surface area contributed by atoms with Crippen molar-refractivity contribution in [3.05, 3.63) is 0 Å². The minimum atomic E-state index is -4.17. The van der Waals surface area contributed by atoms with E-state index in [1.54, 1.807) is 4.90 Å². The number of nitrogens with zero attached hydrogens (tertiary/aromatic N) is 2. The molecule has 4 nitrogen and oxygen atoms in total. The van der Waals surface area contributed by atoms with Gasteiger partial charge in [0.25, 0.3) is 0 Å². The summed E-state index contributed by atoms with van der Waals surface area (Å²) >= 11 is 0. The molecule has 0 radical (unpaired) electrons.